The summed E-state index contributed by atoms with van der Waals surface area (Å²) in [4.78, 5) is 0. The van der Waals surface area contributed by atoms with E-state index in [-0.39, 0.29) is 0 Å². The van der Waals surface area contributed by atoms with Crippen molar-refractivity contribution in [1.82, 2.24) is 4.57 Å². The van der Waals surface area contributed by atoms with Crippen LogP contribution in [-0.4, -0.2) is 18.7 Å². The Morgan fingerprint density at radius 2 is 1.92 bits per heavy atom. The molecule has 0 spiro atoms. The fraction of sp³-hybridized carbons (Fsp3) is 0.500. The average Bonchev–Trinajstić information content (AvgIpc) is 2.31. The maximum absolute atomic E-state index is 5.20. The van der Waals surface area contributed by atoms with Gasteiger partial charge in [0.25, 0.3) is 0 Å². The summed E-state index contributed by atoms with van der Waals surface area (Å²) in [5.41, 5.74) is 0. The van der Waals surface area contributed by atoms with Gasteiger partial charge in [-0.15, -0.1) is 0 Å². The van der Waals surface area contributed by atoms with Gasteiger partial charge in [-0.3, -0.25) is 0 Å². The van der Waals surface area contributed by atoms with Crippen molar-refractivity contribution in [2.24, 2.45) is 7.05 Å². The van der Waals surface area contributed by atoms with Crippen LogP contribution >= 0.6 is 38.0 Å². The molecule has 0 saturated carbocycles. The number of nitrogens with zero attached hydrogens (tertiary/aromatic N) is 2. The molecule has 0 saturated heterocycles. The summed E-state index contributed by atoms with van der Waals surface area (Å²) in [6, 6.07) is 0. The van der Waals surface area contributed by atoms with Crippen LogP contribution in [0, 0.1) is 0 Å². The average molecular weight is 412 g/mol. The number of rotatable bonds is 1. The molecule has 1 aromatic rings. The summed E-state index contributed by atoms with van der Waals surface area (Å²) in [7, 11) is 17.6. The summed E-state index contributed by atoms with van der Waals surface area (Å²) in [5.74, 6) is 0. The molecule has 0 unspecified atom stereocenters. The predicted molar refractivity (Wildman–Crippen MR) is 63.5 cm³/mol. The zero-order valence-corrected chi connectivity index (χ0v) is 14.6. The molecule has 0 atom stereocenters. The Labute approximate surface area is 99.3 Å². The molecule has 0 amide bonds. The SMILES string of the molecule is CCn1cc[n+](C)c1.[Cl][In-]([Cl])([Cl])[Br]. The molecule has 0 aliphatic carbocycles. The fourth-order valence-electron chi connectivity index (χ4n) is 0.689. The van der Waals surface area contributed by atoms with Gasteiger partial charge in [-0.05, 0) is 6.92 Å². The number of aromatic nitrogens is 2. The van der Waals surface area contributed by atoms with Crippen molar-refractivity contribution in [2.45, 2.75) is 13.5 Å². The molecule has 76 valence electrons. The molecular weight excluding hydrogens is 401 g/mol. The number of imidazole rings is 1. The summed E-state index contributed by atoms with van der Waals surface area (Å²) in [5, 5.41) is 0. The van der Waals surface area contributed by atoms with Crippen LogP contribution in [0.3, 0.4) is 0 Å². The van der Waals surface area contributed by atoms with Gasteiger partial charge in [-0.2, -0.15) is 0 Å². The van der Waals surface area contributed by atoms with Crippen LogP contribution in [0.1, 0.15) is 6.92 Å². The van der Waals surface area contributed by atoms with Crippen molar-refractivity contribution >= 4 is 52.1 Å². The molecule has 2 nitrogen and oxygen atoms in total. The Morgan fingerprint density at radius 3 is 2.08 bits per heavy atom. The Bertz CT molecular complexity index is 242. The molecule has 1 rings (SSSR count). The molecule has 0 aromatic carbocycles. The van der Waals surface area contributed by atoms with E-state index in [4.69, 9.17) is 25.7 Å². The topological polar surface area (TPSA) is 8.81 Å². The Kier molecular flexibility index (Phi) is 7.58. The van der Waals surface area contributed by atoms with Crippen molar-refractivity contribution in [3.05, 3.63) is 18.7 Å². The van der Waals surface area contributed by atoms with E-state index in [1.54, 1.807) is 0 Å². The van der Waals surface area contributed by atoms with Crippen LogP contribution < -0.4 is 4.57 Å². The van der Waals surface area contributed by atoms with Crippen molar-refractivity contribution in [3.63, 3.8) is 0 Å². The van der Waals surface area contributed by atoms with Crippen LogP contribution in [0.15, 0.2) is 18.7 Å². The quantitative estimate of drug-likeness (QED) is 0.628. The second-order valence-corrected chi connectivity index (χ2v) is 42.7. The van der Waals surface area contributed by atoms with Crippen molar-refractivity contribution in [1.29, 1.82) is 0 Å². The third kappa shape index (κ3) is 11.4. The minimum absolute atomic E-state index is 1.06. The van der Waals surface area contributed by atoms with Gasteiger partial charge < -0.3 is 0 Å². The fourth-order valence-corrected chi connectivity index (χ4v) is 0.689. The number of halogens is 4. The van der Waals surface area contributed by atoms with Gasteiger partial charge in [0.1, 0.15) is 12.4 Å². The van der Waals surface area contributed by atoms with Crippen molar-refractivity contribution in [2.75, 3.05) is 0 Å². The van der Waals surface area contributed by atoms with E-state index < -0.39 is 14.1 Å². The normalized spacial score (nSPS) is 10.6. The number of hydrogen-bond donors (Lipinski definition) is 0. The standard InChI is InChI=1S/C6H11N2.BrH.3ClH.In/c1-3-8-5-4-7(2)6-8;;;;;/h4-6H,3H2,1-2H3;4*1H;/q+1;;;;;+3/p-4. The Balaban J connectivity index is 0.000000252. The zero-order valence-electron chi connectivity index (χ0n) is 7.42. The third-order valence-electron chi connectivity index (χ3n) is 1.19. The number of hydrogen-bond acceptors (Lipinski definition) is 0. The van der Waals surface area contributed by atoms with E-state index in [9.17, 15) is 0 Å². The summed E-state index contributed by atoms with van der Waals surface area (Å²) < 4.78 is 4.16. The van der Waals surface area contributed by atoms with Crippen LogP contribution in [0.2, 0.25) is 0 Å². The van der Waals surface area contributed by atoms with Crippen molar-refractivity contribution < 1.29 is 4.57 Å². The van der Waals surface area contributed by atoms with Gasteiger partial charge >= 0.3 is 52.1 Å². The van der Waals surface area contributed by atoms with E-state index in [0.29, 0.717) is 0 Å². The molecule has 0 aliphatic rings. The summed E-state index contributed by atoms with van der Waals surface area (Å²) in [6.07, 6.45) is 6.14. The van der Waals surface area contributed by atoms with E-state index in [0.717, 1.165) is 6.54 Å². The second kappa shape index (κ2) is 6.83. The van der Waals surface area contributed by atoms with Gasteiger partial charge in [0.15, 0.2) is 0 Å². The van der Waals surface area contributed by atoms with Crippen molar-refractivity contribution in [3.8, 4) is 0 Å². The molecule has 1 heterocycles. The minimum atomic E-state index is -3.03. The first-order chi connectivity index (χ1) is 5.83. The molecular formula is C6H11BrCl3InN2. The van der Waals surface area contributed by atoms with Gasteiger partial charge in [0.05, 0.1) is 13.6 Å². The number of aryl methyl sites for hydroxylation is 2. The first kappa shape index (κ1) is 14.4. The molecule has 0 fully saturated rings. The molecule has 0 aliphatic heterocycles. The van der Waals surface area contributed by atoms with Crippen LogP contribution in [0.25, 0.3) is 0 Å². The van der Waals surface area contributed by atoms with Gasteiger partial charge in [0, 0.05) is 0 Å². The third-order valence-corrected chi connectivity index (χ3v) is 1.19. The molecule has 1 aromatic heterocycles. The van der Waals surface area contributed by atoms with E-state index >= 15 is 0 Å². The predicted octanol–water partition coefficient (Wildman–Crippen LogP) is 2.87. The van der Waals surface area contributed by atoms with Crippen LogP contribution in [0.5, 0.6) is 0 Å². The molecule has 0 N–H and O–H groups in total. The molecule has 7 heteroatoms. The summed E-state index contributed by atoms with van der Waals surface area (Å²) >= 11 is -0.140. The molecule has 0 bridgehead atoms. The Morgan fingerprint density at radius 1 is 1.46 bits per heavy atom. The first-order valence-electron chi connectivity index (χ1n) is 3.71. The van der Waals surface area contributed by atoms with E-state index in [2.05, 4.69) is 36.3 Å². The second-order valence-electron chi connectivity index (χ2n) is 2.40. The van der Waals surface area contributed by atoms with E-state index in [1.165, 1.54) is 0 Å². The maximum atomic E-state index is 5.20. The van der Waals surface area contributed by atoms with Gasteiger partial charge in [-0.1, -0.05) is 0 Å². The molecule has 0 radical (unpaired) electrons. The first-order valence-corrected chi connectivity index (χ1v) is 23.6. The summed E-state index contributed by atoms with van der Waals surface area (Å²) in [6.45, 7) is 3.18. The molecule has 13 heavy (non-hydrogen) atoms. The monoisotopic (exact) mass is 410 g/mol. The van der Waals surface area contributed by atoms with Gasteiger partial charge in [0.2, 0.25) is 6.33 Å². The van der Waals surface area contributed by atoms with E-state index in [1.807, 2.05) is 17.8 Å². The Hall–Kier alpha value is 1.43. The zero-order chi connectivity index (χ0) is 10.5. The van der Waals surface area contributed by atoms with Crippen LogP contribution in [-0.2, 0) is 13.6 Å². The van der Waals surface area contributed by atoms with Gasteiger partial charge in [-0.25, -0.2) is 9.13 Å². The van der Waals surface area contributed by atoms with Crippen LogP contribution in [0.4, 0.5) is 0 Å².